The van der Waals surface area contributed by atoms with E-state index >= 15 is 0 Å². The van der Waals surface area contributed by atoms with Crippen LogP contribution >= 0.6 is 0 Å². The van der Waals surface area contributed by atoms with Gasteiger partial charge in [-0.1, -0.05) is 57.1 Å². The van der Waals surface area contributed by atoms with E-state index in [2.05, 4.69) is 32.6 Å². The molecule has 0 aromatic heterocycles. The highest BCUT2D eigenvalue weighted by Gasteiger charge is 2.23. The van der Waals surface area contributed by atoms with Gasteiger partial charge in [-0.05, 0) is 38.0 Å². The number of hydrogen-bond donors (Lipinski definition) is 0. The van der Waals surface area contributed by atoms with E-state index in [1.807, 2.05) is 5.57 Å². The summed E-state index contributed by atoms with van der Waals surface area (Å²) < 4.78 is 0. The number of hydrogen-bond acceptors (Lipinski definition) is 0. The molecule has 0 aliphatic heterocycles. The van der Waals surface area contributed by atoms with E-state index in [4.69, 9.17) is 0 Å². The normalized spacial score (nSPS) is 24.2. The standard InChI is InChI=1S/C15H30Si/c1-5-6-7-9-14-10-8-11-15(14)12-13-16(2,3)4/h9,15H,5-8,10-13H2,1-4H3/b14-9+. The Morgan fingerprint density at radius 2 is 2.06 bits per heavy atom. The molecule has 0 N–H and O–H groups in total. The second kappa shape index (κ2) is 6.63. The molecule has 0 bridgehead atoms. The molecule has 0 spiro atoms. The largest absolute Gasteiger partial charge is 0.0851 e. The van der Waals surface area contributed by atoms with Crippen molar-refractivity contribution in [1.29, 1.82) is 0 Å². The molecule has 0 nitrogen and oxygen atoms in total. The molecular weight excluding hydrogens is 208 g/mol. The third kappa shape index (κ3) is 5.34. The lowest BCUT2D eigenvalue weighted by atomic mass is 9.98. The Morgan fingerprint density at radius 1 is 1.31 bits per heavy atom. The van der Waals surface area contributed by atoms with Crippen LogP contribution in [0.4, 0.5) is 0 Å². The Labute approximate surface area is 104 Å². The highest BCUT2D eigenvalue weighted by molar-refractivity contribution is 6.76. The monoisotopic (exact) mass is 238 g/mol. The first kappa shape index (κ1) is 14.0. The lowest BCUT2D eigenvalue weighted by Gasteiger charge is -2.19. The molecule has 0 aromatic carbocycles. The first-order valence-corrected chi connectivity index (χ1v) is 10.9. The van der Waals surface area contributed by atoms with Gasteiger partial charge in [0.15, 0.2) is 0 Å². The predicted octanol–water partition coefficient (Wildman–Crippen LogP) is 5.63. The summed E-state index contributed by atoms with van der Waals surface area (Å²) >= 11 is 0. The zero-order valence-electron chi connectivity index (χ0n) is 11.8. The van der Waals surface area contributed by atoms with Crippen molar-refractivity contribution in [2.45, 2.75) is 77.6 Å². The van der Waals surface area contributed by atoms with Crippen LogP contribution in [0.1, 0.15) is 51.9 Å². The third-order valence-electron chi connectivity index (χ3n) is 3.75. The minimum atomic E-state index is -0.820. The van der Waals surface area contributed by atoms with E-state index in [1.165, 1.54) is 51.0 Å². The van der Waals surface area contributed by atoms with Crippen molar-refractivity contribution in [2.75, 3.05) is 0 Å². The summed E-state index contributed by atoms with van der Waals surface area (Å²) in [5.41, 5.74) is 1.81. The Kier molecular flexibility index (Phi) is 5.81. The topological polar surface area (TPSA) is 0 Å². The summed E-state index contributed by atoms with van der Waals surface area (Å²) in [6.07, 6.45) is 12.4. The van der Waals surface area contributed by atoms with E-state index in [9.17, 15) is 0 Å². The smallest absolute Gasteiger partial charge is 0.0442 e. The second-order valence-electron chi connectivity index (χ2n) is 6.61. The maximum atomic E-state index is 2.57. The van der Waals surface area contributed by atoms with Gasteiger partial charge in [0, 0.05) is 8.07 Å². The molecule has 16 heavy (non-hydrogen) atoms. The fourth-order valence-corrected chi connectivity index (χ4v) is 3.85. The van der Waals surface area contributed by atoms with E-state index in [0.717, 1.165) is 5.92 Å². The summed E-state index contributed by atoms with van der Waals surface area (Å²) in [5.74, 6) is 0.962. The zero-order chi connectivity index (χ0) is 12.0. The molecule has 1 aliphatic carbocycles. The Morgan fingerprint density at radius 3 is 2.69 bits per heavy atom. The number of rotatable bonds is 6. The van der Waals surface area contributed by atoms with Gasteiger partial charge in [-0.25, -0.2) is 0 Å². The van der Waals surface area contributed by atoms with Crippen molar-refractivity contribution in [3.05, 3.63) is 11.6 Å². The lowest BCUT2D eigenvalue weighted by molar-refractivity contribution is 0.598. The SMILES string of the molecule is CCCC/C=C1\CCCC1CC[Si](C)(C)C. The van der Waals surface area contributed by atoms with Gasteiger partial charge in [0.05, 0.1) is 0 Å². The fraction of sp³-hybridized carbons (Fsp3) is 0.867. The number of unbranched alkanes of at least 4 members (excludes halogenated alkanes) is 2. The maximum absolute atomic E-state index is 2.57. The molecule has 1 rings (SSSR count). The summed E-state index contributed by atoms with van der Waals surface area (Å²) in [4.78, 5) is 0. The van der Waals surface area contributed by atoms with Crippen molar-refractivity contribution < 1.29 is 0 Å². The maximum Gasteiger partial charge on any atom is 0.0442 e. The molecule has 1 saturated carbocycles. The zero-order valence-corrected chi connectivity index (χ0v) is 12.8. The minimum absolute atomic E-state index is 0.820. The molecule has 1 atom stereocenters. The quantitative estimate of drug-likeness (QED) is 0.319. The lowest BCUT2D eigenvalue weighted by Crippen LogP contribution is -2.20. The fourth-order valence-electron chi connectivity index (χ4n) is 2.64. The van der Waals surface area contributed by atoms with Gasteiger partial charge < -0.3 is 0 Å². The van der Waals surface area contributed by atoms with Crippen LogP contribution in [0.5, 0.6) is 0 Å². The second-order valence-corrected chi connectivity index (χ2v) is 12.2. The van der Waals surface area contributed by atoms with E-state index < -0.39 is 8.07 Å². The molecule has 1 aliphatic rings. The molecule has 0 heterocycles. The van der Waals surface area contributed by atoms with E-state index in [0.29, 0.717) is 0 Å². The molecule has 94 valence electrons. The van der Waals surface area contributed by atoms with Crippen LogP contribution in [0, 0.1) is 5.92 Å². The van der Waals surface area contributed by atoms with Gasteiger partial charge in [-0.3, -0.25) is 0 Å². The van der Waals surface area contributed by atoms with Gasteiger partial charge in [0.2, 0.25) is 0 Å². The van der Waals surface area contributed by atoms with Gasteiger partial charge in [0.1, 0.15) is 0 Å². The Balaban J connectivity index is 2.37. The average molecular weight is 238 g/mol. The molecule has 0 radical (unpaired) electrons. The molecule has 0 saturated heterocycles. The van der Waals surface area contributed by atoms with Crippen LogP contribution in [0.2, 0.25) is 25.7 Å². The Hall–Kier alpha value is -0.0431. The van der Waals surface area contributed by atoms with Gasteiger partial charge in [0.25, 0.3) is 0 Å². The van der Waals surface area contributed by atoms with Crippen molar-refractivity contribution in [3.8, 4) is 0 Å². The first-order chi connectivity index (χ1) is 7.53. The van der Waals surface area contributed by atoms with Crippen molar-refractivity contribution in [1.82, 2.24) is 0 Å². The molecule has 0 aromatic rings. The molecule has 0 amide bonds. The van der Waals surface area contributed by atoms with Gasteiger partial charge in [-0.15, -0.1) is 0 Å². The number of allylic oxidation sites excluding steroid dienone is 2. The van der Waals surface area contributed by atoms with Crippen LogP contribution in [0.25, 0.3) is 0 Å². The van der Waals surface area contributed by atoms with Gasteiger partial charge >= 0.3 is 0 Å². The summed E-state index contributed by atoms with van der Waals surface area (Å²) in [7, 11) is -0.820. The molecular formula is C15H30Si. The molecule has 1 unspecified atom stereocenters. The highest BCUT2D eigenvalue weighted by Crippen LogP contribution is 2.36. The van der Waals surface area contributed by atoms with Crippen LogP contribution in [0.3, 0.4) is 0 Å². The van der Waals surface area contributed by atoms with Crippen LogP contribution in [-0.4, -0.2) is 8.07 Å². The average Bonchev–Trinajstić information content (AvgIpc) is 2.62. The van der Waals surface area contributed by atoms with Crippen LogP contribution < -0.4 is 0 Å². The molecule has 1 heteroatoms. The van der Waals surface area contributed by atoms with Crippen LogP contribution in [0.15, 0.2) is 11.6 Å². The van der Waals surface area contributed by atoms with Gasteiger partial charge in [-0.2, -0.15) is 0 Å². The van der Waals surface area contributed by atoms with E-state index in [-0.39, 0.29) is 0 Å². The summed E-state index contributed by atoms with van der Waals surface area (Å²) in [5, 5.41) is 0. The van der Waals surface area contributed by atoms with E-state index in [1.54, 1.807) is 0 Å². The minimum Gasteiger partial charge on any atom is -0.0851 e. The van der Waals surface area contributed by atoms with Crippen molar-refractivity contribution in [3.63, 3.8) is 0 Å². The predicted molar refractivity (Wildman–Crippen MR) is 77.7 cm³/mol. The van der Waals surface area contributed by atoms with Crippen molar-refractivity contribution >= 4 is 8.07 Å². The van der Waals surface area contributed by atoms with Crippen LogP contribution in [-0.2, 0) is 0 Å². The summed E-state index contributed by atoms with van der Waals surface area (Å²) in [6, 6.07) is 1.52. The Bertz CT molecular complexity index is 222. The molecule has 1 fully saturated rings. The summed E-state index contributed by atoms with van der Waals surface area (Å²) in [6.45, 7) is 9.79. The first-order valence-electron chi connectivity index (χ1n) is 7.22. The highest BCUT2D eigenvalue weighted by atomic mass is 28.3. The third-order valence-corrected chi connectivity index (χ3v) is 5.54. The van der Waals surface area contributed by atoms with Crippen molar-refractivity contribution in [2.24, 2.45) is 5.92 Å².